The van der Waals surface area contributed by atoms with E-state index < -0.39 is 5.91 Å². The highest BCUT2D eigenvalue weighted by atomic mass is 32.1. The van der Waals surface area contributed by atoms with E-state index >= 15 is 0 Å². The fourth-order valence-electron chi connectivity index (χ4n) is 1.26. The Kier molecular flexibility index (Phi) is 4.04. The average molecular weight is 277 g/mol. The number of nitrogens with one attached hydrogen (secondary N) is 1. The van der Waals surface area contributed by atoms with Crippen LogP contribution in [-0.2, 0) is 0 Å². The molecule has 0 saturated heterocycles. The van der Waals surface area contributed by atoms with E-state index in [-0.39, 0.29) is 10.7 Å². The molecule has 0 aliphatic rings. The highest BCUT2D eigenvalue weighted by molar-refractivity contribution is 7.10. The molecule has 1 amide bonds. The maximum absolute atomic E-state index is 11.6. The molecule has 0 spiro atoms. The van der Waals surface area contributed by atoms with E-state index in [0.29, 0.717) is 0 Å². The third-order valence-corrected chi connectivity index (χ3v) is 2.78. The van der Waals surface area contributed by atoms with Gasteiger partial charge in [0, 0.05) is 11.5 Å². The number of rotatable bonds is 4. The number of hydrogen-bond acceptors (Lipinski definition) is 7. The Morgan fingerprint density at radius 3 is 2.79 bits per heavy atom. The first kappa shape index (κ1) is 13.0. The Balaban J connectivity index is 1.96. The van der Waals surface area contributed by atoms with Gasteiger partial charge in [0.15, 0.2) is 5.69 Å². The van der Waals surface area contributed by atoms with Gasteiger partial charge in [-0.25, -0.2) is 5.43 Å². The molecule has 98 valence electrons. The number of nitrogens with zero attached hydrogens (tertiary/aromatic N) is 3. The fraction of sp³-hybridized carbons (Fsp3) is 0.0909. The van der Waals surface area contributed by atoms with Crippen molar-refractivity contribution in [2.75, 3.05) is 12.8 Å². The van der Waals surface area contributed by atoms with Crippen molar-refractivity contribution in [3.8, 4) is 5.75 Å². The molecule has 0 atom stereocenters. The lowest BCUT2D eigenvalue weighted by atomic mass is 10.2. The number of carbonyl (C=O) groups excluding carboxylic acids is 1. The molecule has 19 heavy (non-hydrogen) atoms. The number of aromatic nitrogens is 2. The van der Waals surface area contributed by atoms with Crippen LogP contribution in [0.25, 0.3) is 0 Å². The number of hydrazone groups is 1. The number of ether oxygens (including phenoxy) is 1. The van der Waals surface area contributed by atoms with Crippen molar-refractivity contribution in [1.82, 2.24) is 15.0 Å². The Morgan fingerprint density at radius 2 is 2.21 bits per heavy atom. The maximum atomic E-state index is 11.6. The molecule has 2 rings (SSSR count). The Hall–Kier alpha value is -2.48. The number of nitrogens with two attached hydrogens (primary N) is 1. The van der Waals surface area contributed by atoms with Crippen molar-refractivity contribution in [2.24, 2.45) is 5.10 Å². The van der Waals surface area contributed by atoms with Crippen molar-refractivity contribution in [3.63, 3.8) is 0 Å². The van der Waals surface area contributed by atoms with Gasteiger partial charge in [0.2, 0.25) is 0 Å². The Bertz CT molecular complexity index is 593. The molecule has 0 saturated carbocycles. The lowest BCUT2D eigenvalue weighted by molar-refractivity contribution is 0.0951. The first-order valence-electron chi connectivity index (χ1n) is 5.26. The van der Waals surface area contributed by atoms with Gasteiger partial charge in [-0.15, -0.1) is 5.10 Å². The molecule has 0 aliphatic heterocycles. The second-order valence-corrected chi connectivity index (χ2v) is 4.24. The predicted molar refractivity (Wildman–Crippen MR) is 72.4 cm³/mol. The van der Waals surface area contributed by atoms with Crippen LogP contribution in [0.4, 0.5) is 5.00 Å². The molecule has 8 heteroatoms. The molecule has 0 unspecified atom stereocenters. The van der Waals surface area contributed by atoms with Gasteiger partial charge < -0.3 is 10.5 Å². The minimum atomic E-state index is -0.490. The largest absolute Gasteiger partial charge is 0.497 e. The summed E-state index contributed by atoms with van der Waals surface area (Å²) in [5, 5.41) is 7.68. The molecule has 0 aliphatic carbocycles. The zero-order valence-electron chi connectivity index (χ0n) is 10.0. The molecule has 7 nitrogen and oxygen atoms in total. The lowest BCUT2D eigenvalue weighted by Crippen LogP contribution is -2.19. The van der Waals surface area contributed by atoms with E-state index in [0.717, 1.165) is 22.8 Å². The summed E-state index contributed by atoms with van der Waals surface area (Å²) in [6.45, 7) is 0. The van der Waals surface area contributed by atoms with Gasteiger partial charge in [0.25, 0.3) is 5.91 Å². The van der Waals surface area contributed by atoms with Crippen LogP contribution in [-0.4, -0.2) is 28.8 Å². The summed E-state index contributed by atoms with van der Waals surface area (Å²) >= 11 is 0.957. The van der Waals surface area contributed by atoms with Gasteiger partial charge in [-0.2, -0.15) is 5.10 Å². The predicted octanol–water partition coefficient (Wildman–Crippen LogP) is 0.893. The Labute approximate surface area is 113 Å². The van der Waals surface area contributed by atoms with E-state index in [1.165, 1.54) is 6.21 Å². The molecular weight excluding hydrogens is 266 g/mol. The van der Waals surface area contributed by atoms with Crippen LogP contribution in [0.3, 0.4) is 0 Å². The van der Waals surface area contributed by atoms with Crippen molar-refractivity contribution < 1.29 is 9.53 Å². The van der Waals surface area contributed by atoms with Gasteiger partial charge >= 0.3 is 0 Å². The number of nitrogen functional groups attached to an aromatic ring is 1. The highest BCUT2D eigenvalue weighted by Crippen LogP contribution is 2.12. The van der Waals surface area contributed by atoms with Crippen LogP contribution in [0, 0.1) is 0 Å². The molecular formula is C11H11N5O2S. The van der Waals surface area contributed by atoms with Crippen LogP contribution in [0.15, 0.2) is 29.4 Å². The molecule has 1 aromatic carbocycles. The zero-order chi connectivity index (χ0) is 13.7. The summed E-state index contributed by atoms with van der Waals surface area (Å²) < 4.78 is 8.60. The van der Waals surface area contributed by atoms with E-state index in [9.17, 15) is 4.79 Å². The smallest absolute Gasteiger partial charge is 0.295 e. The minimum Gasteiger partial charge on any atom is -0.497 e. The topological polar surface area (TPSA) is 102 Å². The van der Waals surface area contributed by atoms with Crippen molar-refractivity contribution in [2.45, 2.75) is 0 Å². The number of anilines is 1. The zero-order valence-corrected chi connectivity index (χ0v) is 10.8. The van der Waals surface area contributed by atoms with Crippen LogP contribution < -0.4 is 15.9 Å². The van der Waals surface area contributed by atoms with E-state index in [4.69, 9.17) is 10.5 Å². The van der Waals surface area contributed by atoms with Gasteiger partial charge in [-0.05, 0) is 29.8 Å². The van der Waals surface area contributed by atoms with Crippen LogP contribution in [0.2, 0.25) is 0 Å². The number of methoxy groups -OCH3 is 1. The van der Waals surface area contributed by atoms with Crippen molar-refractivity contribution in [1.29, 1.82) is 0 Å². The molecule has 0 fully saturated rings. The fourth-order valence-corrected chi connectivity index (χ4v) is 1.69. The van der Waals surface area contributed by atoms with Crippen LogP contribution in [0.5, 0.6) is 5.75 Å². The highest BCUT2D eigenvalue weighted by Gasteiger charge is 2.12. The number of carbonyl (C=O) groups is 1. The summed E-state index contributed by atoms with van der Waals surface area (Å²) in [4.78, 5) is 11.6. The molecule has 2 aromatic rings. The third-order valence-electron chi connectivity index (χ3n) is 2.22. The number of hydrogen-bond donors (Lipinski definition) is 2. The van der Waals surface area contributed by atoms with Crippen molar-refractivity contribution >= 4 is 28.7 Å². The molecule has 1 heterocycles. The third kappa shape index (κ3) is 3.26. The lowest BCUT2D eigenvalue weighted by Gasteiger charge is -1.99. The standard InChI is InChI=1S/C11H11N5O2S/c1-18-8-4-2-7(3-5-8)6-13-15-11(17)9-10(12)19-16-14-9/h2-6H,12H2,1H3,(H,15,17)/b13-6+. The molecule has 3 N–H and O–H groups in total. The maximum Gasteiger partial charge on any atom is 0.295 e. The average Bonchev–Trinajstić information content (AvgIpc) is 2.86. The minimum absolute atomic E-state index is 0.0804. The summed E-state index contributed by atoms with van der Waals surface area (Å²) in [6, 6.07) is 7.22. The first-order valence-corrected chi connectivity index (χ1v) is 6.03. The van der Waals surface area contributed by atoms with Gasteiger partial charge in [0.05, 0.1) is 13.3 Å². The van der Waals surface area contributed by atoms with E-state index in [1.54, 1.807) is 19.2 Å². The van der Waals surface area contributed by atoms with Gasteiger partial charge in [0.1, 0.15) is 10.8 Å². The monoisotopic (exact) mass is 277 g/mol. The molecule has 0 radical (unpaired) electrons. The Morgan fingerprint density at radius 1 is 1.47 bits per heavy atom. The van der Waals surface area contributed by atoms with Crippen LogP contribution in [0.1, 0.15) is 16.1 Å². The van der Waals surface area contributed by atoms with E-state index in [2.05, 4.69) is 20.1 Å². The number of amides is 1. The summed E-state index contributed by atoms with van der Waals surface area (Å²) in [5.74, 6) is 0.263. The van der Waals surface area contributed by atoms with Gasteiger partial charge in [-0.1, -0.05) is 4.49 Å². The van der Waals surface area contributed by atoms with Crippen LogP contribution >= 0.6 is 11.5 Å². The number of benzene rings is 1. The summed E-state index contributed by atoms with van der Waals surface area (Å²) in [5.41, 5.74) is 8.75. The van der Waals surface area contributed by atoms with Crippen molar-refractivity contribution in [3.05, 3.63) is 35.5 Å². The second-order valence-electron chi connectivity index (χ2n) is 3.46. The molecule has 1 aromatic heterocycles. The quantitative estimate of drug-likeness (QED) is 0.638. The SMILES string of the molecule is COc1ccc(/C=N/NC(=O)c2nnsc2N)cc1. The van der Waals surface area contributed by atoms with Gasteiger partial charge in [-0.3, -0.25) is 4.79 Å². The normalized spacial score (nSPS) is 10.6. The summed E-state index contributed by atoms with van der Waals surface area (Å²) in [7, 11) is 1.59. The van der Waals surface area contributed by atoms with E-state index in [1.807, 2.05) is 12.1 Å². The second kappa shape index (κ2) is 5.91. The summed E-state index contributed by atoms with van der Waals surface area (Å²) in [6.07, 6.45) is 1.51. The first-order chi connectivity index (χ1) is 9.20. The molecule has 0 bridgehead atoms.